The molecule has 0 radical (unpaired) electrons. The highest BCUT2D eigenvalue weighted by Gasteiger charge is 2.11. The molecule has 1 aliphatic carbocycles. The summed E-state index contributed by atoms with van der Waals surface area (Å²) in [4.78, 5) is 11.8. The summed E-state index contributed by atoms with van der Waals surface area (Å²) in [5.74, 6) is 1.11. The van der Waals surface area contributed by atoms with Crippen molar-refractivity contribution < 1.29 is 14.3 Å². The number of para-hydroxylation sites is 2. The first-order chi connectivity index (χ1) is 11.3. The topological polar surface area (TPSA) is 59.6 Å². The highest BCUT2D eigenvalue weighted by Crippen LogP contribution is 2.25. The lowest BCUT2D eigenvalue weighted by Crippen LogP contribution is -2.38. The molecule has 0 atom stereocenters. The molecule has 0 saturated heterocycles. The first-order valence-electron chi connectivity index (χ1n) is 8.55. The molecule has 0 unspecified atom stereocenters. The zero-order chi connectivity index (χ0) is 16.3. The lowest BCUT2D eigenvalue weighted by atomic mass is 10.1. The fourth-order valence-electron chi connectivity index (χ4n) is 2.89. The van der Waals surface area contributed by atoms with Gasteiger partial charge in [-0.05, 0) is 25.0 Å². The van der Waals surface area contributed by atoms with Crippen molar-refractivity contribution in [2.24, 2.45) is 0 Å². The molecule has 1 aromatic carbocycles. The van der Waals surface area contributed by atoms with E-state index in [4.69, 9.17) is 9.47 Å². The minimum atomic E-state index is -0.112. The number of methoxy groups -OCH3 is 1. The van der Waals surface area contributed by atoms with E-state index in [1.807, 2.05) is 18.2 Å². The van der Waals surface area contributed by atoms with E-state index in [0.29, 0.717) is 24.1 Å². The molecule has 1 aromatic rings. The second-order valence-electron chi connectivity index (χ2n) is 5.93. The molecule has 1 fully saturated rings. The largest absolute Gasteiger partial charge is 0.493 e. The van der Waals surface area contributed by atoms with Crippen LogP contribution in [0, 0.1) is 0 Å². The maximum atomic E-state index is 11.8. The van der Waals surface area contributed by atoms with Gasteiger partial charge in [-0.25, -0.2) is 0 Å². The molecule has 5 nitrogen and oxygen atoms in total. The molecule has 0 aliphatic heterocycles. The predicted octanol–water partition coefficient (Wildman–Crippen LogP) is 2.92. The number of benzene rings is 1. The second kappa shape index (κ2) is 12.0. The molecule has 136 valence electrons. The summed E-state index contributed by atoms with van der Waals surface area (Å²) in [6.07, 6.45) is 7.85. The van der Waals surface area contributed by atoms with Crippen LogP contribution in [0.5, 0.6) is 11.5 Å². The molecule has 2 N–H and O–H groups in total. The van der Waals surface area contributed by atoms with Crippen LogP contribution >= 0.6 is 12.4 Å². The van der Waals surface area contributed by atoms with E-state index in [1.54, 1.807) is 13.2 Å². The van der Waals surface area contributed by atoms with E-state index in [2.05, 4.69) is 10.6 Å². The third-order valence-corrected chi connectivity index (χ3v) is 4.16. The van der Waals surface area contributed by atoms with Gasteiger partial charge in [-0.3, -0.25) is 4.79 Å². The van der Waals surface area contributed by atoms with Crippen LogP contribution in [0.15, 0.2) is 24.3 Å². The first kappa shape index (κ1) is 20.6. The van der Waals surface area contributed by atoms with Gasteiger partial charge >= 0.3 is 0 Å². The molecule has 6 heteroatoms. The van der Waals surface area contributed by atoms with Crippen molar-refractivity contribution in [3.8, 4) is 11.5 Å². The molecule has 0 heterocycles. The van der Waals surface area contributed by atoms with Gasteiger partial charge in [-0.15, -0.1) is 12.4 Å². The van der Waals surface area contributed by atoms with Crippen molar-refractivity contribution in [1.29, 1.82) is 0 Å². The summed E-state index contributed by atoms with van der Waals surface area (Å²) in [7, 11) is 1.58. The number of ether oxygens (including phenoxy) is 2. The standard InChI is InChI=1S/C18H28N2O3.ClH/c1-22-16-10-6-7-11-17(16)23-14-18(21)20-13-12-19-15-8-4-2-3-5-9-15;/h6-7,10-11,15,19H,2-5,8-9,12-14H2,1H3,(H,20,21);1H. The summed E-state index contributed by atoms with van der Waals surface area (Å²) in [6.45, 7) is 1.44. The highest BCUT2D eigenvalue weighted by molar-refractivity contribution is 5.85. The van der Waals surface area contributed by atoms with Crippen LogP contribution in [0.1, 0.15) is 38.5 Å². The molecule has 1 aliphatic rings. The number of halogens is 1. The maximum Gasteiger partial charge on any atom is 0.257 e. The number of hydrogen-bond donors (Lipinski definition) is 2. The van der Waals surface area contributed by atoms with E-state index in [1.165, 1.54) is 38.5 Å². The number of rotatable bonds is 8. The number of nitrogens with one attached hydrogen (secondary N) is 2. The Hall–Kier alpha value is -1.46. The van der Waals surface area contributed by atoms with Gasteiger partial charge in [0.25, 0.3) is 5.91 Å². The minimum absolute atomic E-state index is 0. The Kier molecular flexibility index (Phi) is 10.3. The highest BCUT2D eigenvalue weighted by atomic mass is 35.5. The lowest BCUT2D eigenvalue weighted by molar-refractivity contribution is -0.123. The monoisotopic (exact) mass is 356 g/mol. The summed E-state index contributed by atoms with van der Waals surface area (Å²) in [5, 5.41) is 6.41. The van der Waals surface area contributed by atoms with Crippen molar-refractivity contribution in [1.82, 2.24) is 10.6 Å². The molecule has 0 spiro atoms. The van der Waals surface area contributed by atoms with Crippen LogP contribution in [0.25, 0.3) is 0 Å². The van der Waals surface area contributed by atoms with Gasteiger partial charge in [0, 0.05) is 19.1 Å². The average molecular weight is 357 g/mol. The molecule has 0 aromatic heterocycles. The maximum absolute atomic E-state index is 11.8. The van der Waals surface area contributed by atoms with E-state index in [9.17, 15) is 4.79 Å². The Balaban J connectivity index is 0.00000288. The third-order valence-electron chi connectivity index (χ3n) is 4.16. The van der Waals surface area contributed by atoms with Crippen LogP contribution in [-0.4, -0.2) is 38.8 Å². The quantitative estimate of drug-likeness (QED) is 0.555. The summed E-state index contributed by atoms with van der Waals surface area (Å²) in [6, 6.07) is 7.93. The number of carbonyl (C=O) groups excluding carboxylic acids is 1. The summed E-state index contributed by atoms with van der Waals surface area (Å²) in [5.41, 5.74) is 0. The zero-order valence-electron chi connectivity index (χ0n) is 14.4. The summed E-state index contributed by atoms with van der Waals surface area (Å²) >= 11 is 0. The van der Waals surface area contributed by atoms with E-state index < -0.39 is 0 Å². The van der Waals surface area contributed by atoms with Crippen molar-refractivity contribution >= 4 is 18.3 Å². The Morgan fingerprint density at radius 1 is 1.08 bits per heavy atom. The average Bonchev–Trinajstić information content (AvgIpc) is 2.86. The van der Waals surface area contributed by atoms with Gasteiger partial charge < -0.3 is 20.1 Å². The van der Waals surface area contributed by atoms with Gasteiger partial charge in [0.2, 0.25) is 0 Å². The Labute approximate surface area is 150 Å². The van der Waals surface area contributed by atoms with Crippen LogP contribution in [-0.2, 0) is 4.79 Å². The van der Waals surface area contributed by atoms with E-state index >= 15 is 0 Å². The second-order valence-corrected chi connectivity index (χ2v) is 5.93. The molecule has 2 rings (SSSR count). The fourth-order valence-corrected chi connectivity index (χ4v) is 2.89. The van der Waals surface area contributed by atoms with Gasteiger partial charge in [0.05, 0.1) is 7.11 Å². The predicted molar refractivity (Wildman–Crippen MR) is 98.2 cm³/mol. The fraction of sp³-hybridized carbons (Fsp3) is 0.611. The molecular formula is C18H29ClN2O3. The van der Waals surface area contributed by atoms with Crippen molar-refractivity contribution in [3.05, 3.63) is 24.3 Å². The molecule has 0 bridgehead atoms. The molecule has 1 amide bonds. The SMILES string of the molecule is COc1ccccc1OCC(=O)NCCNC1CCCCCC1.Cl. The number of amides is 1. The van der Waals surface area contributed by atoms with Crippen molar-refractivity contribution in [2.75, 3.05) is 26.8 Å². The number of hydrogen-bond acceptors (Lipinski definition) is 4. The Morgan fingerprint density at radius 3 is 2.42 bits per heavy atom. The lowest BCUT2D eigenvalue weighted by Gasteiger charge is -2.16. The van der Waals surface area contributed by atoms with Crippen LogP contribution < -0.4 is 20.1 Å². The van der Waals surface area contributed by atoms with Gasteiger partial charge in [-0.1, -0.05) is 37.8 Å². The number of carbonyl (C=O) groups is 1. The normalized spacial score (nSPS) is 15.0. The van der Waals surface area contributed by atoms with Crippen LogP contribution in [0.4, 0.5) is 0 Å². The van der Waals surface area contributed by atoms with Crippen molar-refractivity contribution in [2.45, 2.75) is 44.6 Å². The van der Waals surface area contributed by atoms with E-state index in [0.717, 1.165) is 6.54 Å². The van der Waals surface area contributed by atoms with E-state index in [-0.39, 0.29) is 24.9 Å². The molecular weight excluding hydrogens is 328 g/mol. The van der Waals surface area contributed by atoms with Crippen LogP contribution in [0.3, 0.4) is 0 Å². The van der Waals surface area contributed by atoms with Gasteiger partial charge in [0.15, 0.2) is 18.1 Å². The summed E-state index contributed by atoms with van der Waals surface area (Å²) < 4.78 is 10.7. The Bertz CT molecular complexity index is 477. The minimum Gasteiger partial charge on any atom is -0.493 e. The van der Waals surface area contributed by atoms with Crippen molar-refractivity contribution in [3.63, 3.8) is 0 Å². The zero-order valence-corrected chi connectivity index (χ0v) is 15.2. The van der Waals surface area contributed by atoms with Gasteiger partial charge in [-0.2, -0.15) is 0 Å². The smallest absolute Gasteiger partial charge is 0.257 e. The third kappa shape index (κ3) is 7.41. The van der Waals surface area contributed by atoms with Crippen LogP contribution in [0.2, 0.25) is 0 Å². The Morgan fingerprint density at radius 2 is 1.75 bits per heavy atom. The first-order valence-corrected chi connectivity index (χ1v) is 8.55. The molecule has 1 saturated carbocycles. The molecule has 24 heavy (non-hydrogen) atoms. The van der Waals surface area contributed by atoms with Gasteiger partial charge in [0.1, 0.15) is 0 Å².